The first kappa shape index (κ1) is 44.8. The first-order valence-electron chi connectivity index (χ1n) is 12.7. The van der Waals surface area contributed by atoms with Gasteiger partial charge in [-0.05, 0) is 92.4 Å². The molecule has 6 nitrogen and oxygen atoms in total. The first-order valence-corrected chi connectivity index (χ1v) is 12.7. The molecular formula is C30H60FN5O. The van der Waals surface area contributed by atoms with E-state index in [2.05, 4.69) is 53.1 Å². The number of aliphatic imine (C=N–C) groups is 1. The van der Waals surface area contributed by atoms with Crippen molar-refractivity contribution < 1.29 is 9.50 Å². The molecule has 0 aliphatic rings. The summed E-state index contributed by atoms with van der Waals surface area (Å²) in [6.07, 6.45) is 2.54. The van der Waals surface area contributed by atoms with Crippen LogP contribution in [0.4, 0.5) is 4.39 Å². The second-order valence-electron chi connectivity index (χ2n) is 8.12. The van der Waals surface area contributed by atoms with Gasteiger partial charge < -0.3 is 31.4 Å². The quantitative estimate of drug-likeness (QED) is 0.191. The molecule has 0 bridgehead atoms. The molecule has 1 aromatic carbocycles. The van der Waals surface area contributed by atoms with Gasteiger partial charge in [-0.1, -0.05) is 63.3 Å². The first-order chi connectivity index (χ1) is 17.4. The molecular weight excluding hydrogens is 465 g/mol. The van der Waals surface area contributed by atoms with Crippen molar-refractivity contribution in [3.05, 3.63) is 71.6 Å². The van der Waals surface area contributed by atoms with Crippen LogP contribution in [-0.2, 0) is 0 Å². The molecule has 0 heterocycles. The van der Waals surface area contributed by atoms with Crippen LogP contribution in [0.5, 0.6) is 0 Å². The number of allylic oxidation sites excluding steroid dienone is 1. The van der Waals surface area contributed by atoms with Crippen molar-refractivity contribution in [1.82, 2.24) is 15.5 Å². The van der Waals surface area contributed by atoms with E-state index in [1.165, 1.54) is 18.7 Å². The number of nitrogens with zero attached hydrogens (tertiary/aromatic N) is 2. The Bertz CT molecular complexity index is 688. The van der Waals surface area contributed by atoms with Gasteiger partial charge >= 0.3 is 0 Å². The van der Waals surface area contributed by atoms with Gasteiger partial charge in [0.1, 0.15) is 5.82 Å². The third-order valence-corrected chi connectivity index (χ3v) is 3.98. The van der Waals surface area contributed by atoms with Crippen LogP contribution in [0.15, 0.2) is 65.2 Å². The van der Waals surface area contributed by atoms with Gasteiger partial charge in [0, 0.05) is 26.2 Å². The van der Waals surface area contributed by atoms with Crippen LogP contribution < -0.4 is 16.4 Å². The molecule has 7 heteroatoms. The van der Waals surface area contributed by atoms with Crippen molar-refractivity contribution in [2.45, 2.75) is 60.1 Å². The summed E-state index contributed by atoms with van der Waals surface area (Å²) in [5, 5.41) is 15.2. The van der Waals surface area contributed by atoms with Crippen LogP contribution in [0.1, 0.15) is 59.6 Å². The van der Waals surface area contributed by atoms with E-state index >= 15 is 0 Å². The summed E-state index contributed by atoms with van der Waals surface area (Å²) in [7, 11) is 10.9. The number of rotatable bonds is 9. The maximum atomic E-state index is 13.2. The second-order valence-corrected chi connectivity index (χ2v) is 8.12. The lowest BCUT2D eigenvalue weighted by Crippen LogP contribution is -2.32. The van der Waals surface area contributed by atoms with Crippen LogP contribution in [0.25, 0.3) is 0 Å². The Hall–Kier alpha value is -2.16. The Morgan fingerprint density at radius 1 is 1.19 bits per heavy atom. The van der Waals surface area contributed by atoms with Crippen LogP contribution in [0, 0.1) is 5.82 Å². The Balaban J connectivity index is -0.000000145. The van der Waals surface area contributed by atoms with Gasteiger partial charge in [-0.3, -0.25) is 0 Å². The van der Waals surface area contributed by atoms with Gasteiger partial charge in [-0.25, -0.2) is 4.39 Å². The Kier molecular flexibility index (Phi) is 41.0. The summed E-state index contributed by atoms with van der Waals surface area (Å²) in [5.41, 5.74) is 8.59. The van der Waals surface area contributed by atoms with E-state index in [9.17, 15) is 4.39 Å². The highest BCUT2D eigenvalue weighted by Gasteiger charge is 2.12. The molecule has 2 atom stereocenters. The van der Waals surface area contributed by atoms with Crippen LogP contribution in [0.3, 0.4) is 0 Å². The number of nitrogens with one attached hydrogen (secondary N) is 2. The highest BCUT2D eigenvalue weighted by Crippen LogP contribution is 2.15. The predicted octanol–water partition coefficient (Wildman–Crippen LogP) is 5.63. The Morgan fingerprint density at radius 3 is 1.97 bits per heavy atom. The minimum atomic E-state index is -0.415. The van der Waals surface area contributed by atoms with E-state index in [0.29, 0.717) is 0 Å². The van der Waals surface area contributed by atoms with Crippen molar-refractivity contribution in [3.8, 4) is 0 Å². The molecule has 0 aromatic heterocycles. The molecule has 0 fully saturated rings. The SMILES string of the molecule is C=C(/C=C(\C)CC)C(C)O.C=C(C)CN[C@@H](CN(C)C)c1cccc(F)c1.C=NC.CC.CN.CNC. The molecule has 1 rings (SSSR count). The number of likely N-dealkylation sites (N-methyl/N-ethyl adjacent to an activating group) is 1. The summed E-state index contributed by atoms with van der Waals surface area (Å²) in [5.74, 6) is -0.191. The maximum Gasteiger partial charge on any atom is 0.123 e. The lowest BCUT2D eigenvalue weighted by molar-refractivity contribution is 0.235. The predicted molar refractivity (Wildman–Crippen MR) is 167 cm³/mol. The van der Waals surface area contributed by atoms with Crippen molar-refractivity contribution in [1.29, 1.82) is 0 Å². The average molecular weight is 526 g/mol. The van der Waals surface area contributed by atoms with E-state index in [1.54, 1.807) is 26.1 Å². The van der Waals surface area contributed by atoms with Crippen molar-refractivity contribution in [3.63, 3.8) is 0 Å². The molecule has 0 saturated carbocycles. The van der Waals surface area contributed by atoms with Crippen LogP contribution in [-0.4, -0.2) is 78.2 Å². The zero-order valence-corrected chi connectivity index (χ0v) is 26.1. The molecule has 0 aliphatic heterocycles. The molecule has 1 unspecified atom stereocenters. The molecule has 0 saturated heterocycles. The Morgan fingerprint density at radius 2 is 1.65 bits per heavy atom. The summed E-state index contributed by atoms with van der Waals surface area (Å²) in [6.45, 7) is 24.1. The van der Waals surface area contributed by atoms with E-state index in [-0.39, 0.29) is 11.9 Å². The van der Waals surface area contributed by atoms with Crippen LogP contribution >= 0.6 is 0 Å². The molecule has 1 aromatic rings. The topological polar surface area (TPSA) is 85.9 Å². The van der Waals surface area contributed by atoms with Gasteiger partial charge in [0.15, 0.2) is 0 Å². The number of hydrogen-bond acceptors (Lipinski definition) is 6. The monoisotopic (exact) mass is 525 g/mol. The van der Waals surface area contributed by atoms with Gasteiger partial charge in [0.2, 0.25) is 0 Å². The lowest BCUT2D eigenvalue weighted by Gasteiger charge is -2.23. The minimum Gasteiger partial charge on any atom is -0.389 e. The number of nitrogens with two attached hydrogens (primary N) is 1. The molecule has 218 valence electrons. The molecule has 0 amide bonds. The summed E-state index contributed by atoms with van der Waals surface area (Å²) >= 11 is 0. The normalized spacial score (nSPS) is 11.1. The molecule has 0 spiro atoms. The third-order valence-electron chi connectivity index (χ3n) is 3.98. The van der Waals surface area contributed by atoms with E-state index in [0.717, 1.165) is 36.2 Å². The molecule has 5 N–H and O–H groups in total. The summed E-state index contributed by atoms with van der Waals surface area (Å²) in [6, 6.07) is 6.87. The van der Waals surface area contributed by atoms with Crippen molar-refractivity contribution in [2.24, 2.45) is 10.7 Å². The van der Waals surface area contributed by atoms with Gasteiger partial charge in [0.25, 0.3) is 0 Å². The van der Waals surface area contributed by atoms with E-state index in [4.69, 9.17) is 5.11 Å². The zero-order valence-electron chi connectivity index (χ0n) is 26.1. The largest absolute Gasteiger partial charge is 0.389 e. The number of aliphatic hydroxyl groups is 1. The second kappa shape index (κ2) is 33.8. The molecule has 0 radical (unpaired) electrons. The van der Waals surface area contributed by atoms with Crippen molar-refractivity contribution >= 4 is 6.72 Å². The fourth-order valence-corrected chi connectivity index (χ4v) is 2.21. The maximum absolute atomic E-state index is 13.2. The standard InChI is InChI=1S/C14H21FN2.C9H16O.C2H7N.C2H5N.C2H6.CH5N/c1-11(2)9-16-14(10-17(3)4)12-6-5-7-13(15)8-12;1-5-7(2)6-8(3)9(4)10;2*1-3-2;2*1-2/h5-8,14,16H,1,9-10H2,2-4H3;6,9-10H,3,5H2,1-2,4H3;3H,1-2H3;1H2,2H3;1-2H3;2H2,1H3/b;7-6+;;;;/t14-;;;;;/m0...../s1. The molecule has 37 heavy (non-hydrogen) atoms. The smallest absolute Gasteiger partial charge is 0.123 e. The van der Waals surface area contributed by atoms with Gasteiger partial charge in [-0.2, -0.15) is 0 Å². The van der Waals surface area contributed by atoms with Gasteiger partial charge in [0.05, 0.1) is 6.10 Å². The number of halogens is 1. The highest BCUT2D eigenvalue weighted by molar-refractivity contribution is 5.22. The van der Waals surface area contributed by atoms with Crippen molar-refractivity contribution in [2.75, 3.05) is 55.4 Å². The Labute approximate surface area is 229 Å². The van der Waals surface area contributed by atoms with Gasteiger partial charge in [-0.15, -0.1) is 0 Å². The highest BCUT2D eigenvalue weighted by atomic mass is 19.1. The number of benzene rings is 1. The lowest BCUT2D eigenvalue weighted by atomic mass is 10.1. The summed E-state index contributed by atoms with van der Waals surface area (Å²) in [4.78, 5) is 5.33. The number of hydrogen-bond donors (Lipinski definition) is 4. The summed E-state index contributed by atoms with van der Waals surface area (Å²) < 4.78 is 13.2. The molecule has 0 aliphatic carbocycles. The fraction of sp³-hybridized carbons (Fsp3) is 0.567. The zero-order chi connectivity index (χ0) is 30.4. The van der Waals surface area contributed by atoms with E-state index < -0.39 is 6.10 Å². The van der Waals surface area contributed by atoms with E-state index in [1.807, 2.05) is 68.0 Å². The minimum absolute atomic E-state index is 0.123. The average Bonchev–Trinajstić information content (AvgIpc) is 2.85. The fourth-order valence-electron chi connectivity index (χ4n) is 2.21. The van der Waals surface area contributed by atoms with Crippen LogP contribution in [0.2, 0.25) is 0 Å². The number of aliphatic hydroxyl groups excluding tert-OH is 1. The third kappa shape index (κ3) is 36.1.